The summed E-state index contributed by atoms with van der Waals surface area (Å²) in [6.07, 6.45) is 1.14. The number of H-pyrrole nitrogens is 1. The van der Waals surface area contributed by atoms with E-state index in [-0.39, 0.29) is 5.60 Å². The van der Waals surface area contributed by atoms with Gasteiger partial charge in [-0.15, -0.1) is 0 Å². The summed E-state index contributed by atoms with van der Waals surface area (Å²) in [6.45, 7) is 12.1. The molecule has 2 aromatic heterocycles. The highest BCUT2D eigenvalue weighted by atomic mass is 16.5. The Morgan fingerprint density at radius 3 is 2.33 bits per heavy atom. The summed E-state index contributed by atoms with van der Waals surface area (Å²) in [5, 5.41) is 2.48. The number of benzene rings is 2. The number of imidazole rings is 1. The van der Waals surface area contributed by atoms with Crippen LogP contribution < -0.4 is 4.74 Å². The van der Waals surface area contributed by atoms with Crippen molar-refractivity contribution in [3.8, 4) is 5.88 Å². The number of hydrogen-bond acceptors (Lipinski definition) is 5. The molecule has 0 saturated carbocycles. The first-order chi connectivity index (χ1) is 15.9. The maximum absolute atomic E-state index is 5.94. The van der Waals surface area contributed by atoms with Crippen LogP contribution in [0.25, 0.3) is 21.8 Å². The predicted molar refractivity (Wildman–Crippen MR) is 133 cm³/mol. The molecule has 0 atom stereocenters. The summed E-state index contributed by atoms with van der Waals surface area (Å²) in [4.78, 5) is 18.1. The molecular weight excluding hydrogens is 410 g/mol. The molecule has 5 rings (SSSR count). The lowest BCUT2D eigenvalue weighted by atomic mass is 10.1. The molecule has 1 aliphatic heterocycles. The van der Waals surface area contributed by atoms with Crippen LogP contribution in [0.2, 0.25) is 0 Å². The average molecular weight is 444 g/mol. The van der Waals surface area contributed by atoms with Crippen molar-refractivity contribution in [1.29, 1.82) is 0 Å². The predicted octanol–water partition coefficient (Wildman–Crippen LogP) is 5.00. The Morgan fingerprint density at radius 1 is 0.848 bits per heavy atom. The summed E-state index contributed by atoms with van der Waals surface area (Å²) in [6, 6.07) is 18.9. The van der Waals surface area contributed by atoms with Crippen LogP contribution in [0.1, 0.15) is 38.7 Å². The van der Waals surface area contributed by atoms with Crippen LogP contribution in [0, 0.1) is 0 Å². The van der Waals surface area contributed by atoms with Crippen molar-refractivity contribution in [2.24, 2.45) is 0 Å². The molecule has 0 radical (unpaired) electrons. The Morgan fingerprint density at radius 2 is 1.58 bits per heavy atom. The number of aromatic amines is 1. The normalized spacial score (nSPS) is 16.3. The van der Waals surface area contributed by atoms with Gasteiger partial charge in [-0.1, -0.05) is 30.3 Å². The van der Waals surface area contributed by atoms with Gasteiger partial charge in [0.15, 0.2) is 0 Å². The van der Waals surface area contributed by atoms with Crippen molar-refractivity contribution in [2.75, 3.05) is 26.2 Å². The lowest BCUT2D eigenvalue weighted by Crippen LogP contribution is -2.31. The molecule has 172 valence electrons. The standard InChI is InChI=1S/C27H33N5O/c1-27(2,3)33-26-11-6-10-22(28-26)18-31-12-7-13-32(15-14-31)19-25-29-23-16-20-8-4-5-9-21(20)17-24(23)30-25/h4-6,8-11,16-17H,7,12-15,18-19H2,1-3H3,(H,29,30). The number of pyridine rings is 1. The molecule has 0 amide bonds. The number of rotatable bonds is 5. The largest absolute Gasteiger partial charge is 0.472 e. The molecule has 2 aromatic carbocycles. The van der Waals surface area contributed by atoms with Crippen molar-refractivity contribution in [1.82, 2.24) is 24.8 Å². The summed E-state index contributed by atoms with van der Waals surface area (Å²) < 4.78 is 5.94. The zero-order valence-electron chi connectivity index (χ0n) is 19.8. The summed E-state index contributed by atoms with van der Waals surface area (Å²) in [7, 11) is 0. The van der Waals surface area contributed by atoms with Gasteiger partial charge >= 0.3 is 0 Å². The summed E-state index contributed by atoms with van der Waals surface area (Å²) in [5.41, 5.74) is 2.99. The second kappa shape index (κ2) is 9.12. The minimum atomic E-state index is -0.238. The number of nitrogens with one attached hydrogen (secondary N) is 1. The third-order valence-electron chi connectivity index (χ3n) is 6.03. The fraction of sp³-hybridized carbons (Fsp3) is 0.407. The highest BCUT2D eigenvalue weighted by Gasteiger charge is 2.18. The van der Waals surface area contributed by atoms with Gasteiger partial charge in [-0.2, -0.15) is 0 Å². The average Bonchev–Trinajstić information content (AvgIpc) is 3.01. The van der Waals surface area contributed by atoms with E-state index in [2.05, 4.69) is 78.0 Å². The maximum atomic E-state index is 5.94. The van der Waals surface area contributed by atoms with Crippen LogP contribution in [0.15, 0.2) is 54.6 Å². The molecule has 1 N–H and O–H groups in total. The molecule has 6 nitrogen and oxygen atoms in total. The molecule has 0 spiro atoms. The number of hydrogen-bond donors (Lipinski definition) is 1. The Labute approximate surface area is 195 Å². The minimum Gasteiger partial charge on any atom is -0.472 e. The van der Waals surface area contributed by atoms with Gasteiger partial charge in [0.05, 0.1) is 23.3 Å². The van der Waals surface area contributed by atoms with E-state index in [1.54, 1.807) is 0 Å². The van der Waals surface area contributed by atoms with Crippen LogP contribution in [-0.2, 0) is 13.1 Å². The fourth-order valence-electron chi connectivity index (χ4n) is 4.52. The number of fused-ring (bicyclic) bond motifs is 2. The van der Waals surface area contributed by atoms with E-state index in [0.29, 0.717) is 5.88 Å². The van der Waals surface area contributed by atoms with Gasteiger partial charge in [0.25, 0.3) is 0 Å². The van der Waals surface area contributed by atoms with Crippen molar-refractivity contribution in [3.05, 3.63) is 66.1 Å². The molecule has 33 heavy (non-hydrogen) atoms. The summed E-state index contributed by atoms with van der Waals surface area (Å²) in [5.74, 6) is 1.75. The van der Waals surface area contributed by atoms with Crippen LogP contribution in [0.3, 0.4) is 0 Å². The Bertz CT molecular complexity index is 1190. The SMILES string of the molecule is CC(C)(C)Oc1cccc(CN2CCCN(Cc3nc4cc5ccccc5cc4[nH]3)CC2)n1. The minimum absolute atomic E-state index is 0.238. The number of aromatic nitrogens is 3. The summed E-state index contributed by atoms with van der Waals surface area (Å²) >= 11 is 0. The zero-order valence-corrected chi connectivity index (χ0v) is 19.8. The van der Waals surface area contributed by atoms with E-state index >= 15 is 0 Å². The maximum Gasteiger partial charge on any atom is 0.213 e. The topological polar surface area (TPSA) is 57.3 Å². The van der Waals surface area contributed by atoms with E-state index in [0.717, 1.165) is 68.2 Å². The van der Waals surface area contributed by atoms with Crippen LogP contribution >= 0.6 is 0 Å². The van der Waals surface area contributed by atoms with Crippen LogP contribution in [0.5, 0.6) is 5.88 Å². The molecule has 3 heterocycles. The molecular formula is C27H33N5O. The molecule has 1 aliphatic rings. The van der Waals surface area contributed by atoms with Gasteiger partial charge in [0.1, 0.15) is 11.4 Å². The van der Waals surface area contributed by atoms with E-state index < -0.39 is 0 Å². The lowest BCUT2D eigenvalue weighted by Gasteiger charge is -2.22. The quantitative estimate of drug-likeness (QED) is 0.471. The van der Waals surface area contributed by atoms with Crippen LogP contribution in [-0.4, -0.2) is 56.5 Å². The lowest BCUT2D eigenvalue weighted by molar-refractivity contribution is 0.123. The second-order valence-electron chi connectivity index (χ2n) is 9.99. The molecule has 6 heteroatoms. The first kappa shape index (κ1) is 21.9. The van der Waals surface area contributed by atoms with Crippen molar-refractivity contribution in [3.63, 3.8) is 0 Å². The van der Waals surface area contributed by atoms with Crippen molar-refractivity contribution < 1.29 is 4.74 Å². The van der Waals surface area contributed by atoms with E-state index in [9.17, 15) is 0 Å². The molecule has 4 aromatic rings. The van der Waals surface area contributed by atoms with E-state index in [1.807, 2.05) is 12.1 Å². The molecule has 0 aliphatic carbocycles. The molecule has 0 unspecified atom stereocenters. The monoisotopic (exact) mass is 443 g/mol. The first-order valence-corrected chi connectivity index (χ1v) is 11.9. The van der Waals surface area contributed by atoms with Gasteiger partial charge in [0, 0.05) is 25.7 Å². The van der Waals surface area contributed by atoms with Gasteiger partial charge in [0.2, 0.25) is 5.88 Å². The Hall–Kier alpha value is -2.96. The van der Waals surface area contributed by atoms with Gasteiger partial charge in [-0.3, -0.25) is 9.80 Å². The number of nitrogens with zero attached hydrogens (tertiary/aromatic N) is 4. The van der Waals surface area contributed by atoms with E-state index in [4.69, 9.17) is 14.7 Å². The third-order valence-corrected chi connectivity index (χ3v) is 6.03. The molecule has 1 saturated heterocycles. The van der Waals surface area contributed by atoms with Gasteiger partial charge in [-0.05, 0) is 69.3 Å². The molecule has 1 fully saturated rings. The Kier molecular flexibility index (Phi) is 6.04. The van der Waals surface area contributed by atoms with Crippen molar-refractivity contribution >= 4 is 21.8 Å². The zero-order chi connectivity index (χ0) is 22.8. The van der Waals surface area contributed by atoms with Gasteiger partial charge in [-0.25, -0.2) is 9.97 Å². The second-order valence-corrected chi connectivity index (χ2v) is 9.99. The van der Waals surface area contributed by atoms with Crippen LogP contribution in [0.4, 0.5) is 0 Å². The fourth-order valence-corrected chi connectivity index (χ4v) is 4.52. The van der Waals surface area contributed by atoms with E-state index in [1.165, 1.54) is 10.8 Å². The first-order valence-electron chi connectivity index (χ1n) is 11.9. The molecule has 0 bridgehead atoms. The third kappa shape index (κ3) is 5.52. The van der Waals surface area contributed by atoms with Crippen molar-refractivity contribution in [2.45, 2.75) is 45.9 Å². The number of ether oxygens (including phenoxy) is 1. The highest BCUT2D eigenvalue weighted by Crippen LogP contribution is 2.22. The highest BCUT2D eigenvalue weighted by molar-refractivity contribution is 5.95. The van der Waals surface area contributed by atoms with Gasteiger partial charge < -0.3 is 9.72 Å². The smallest absolute Gasteiger partial charge is 0.213 e. The Balaban J connectivity index is 1.21.